The minimum Gasteiger partial charge on any atom is -0.207 e. The molecule has 0 spiro atoms. The minimum absolute atomic E-state index is 0.285. The van der Waals surface area contributed by atoms with Gasteiger partial charge in [-0.25, -0.2) is 4.39 Å². The summed E-state index contributed by atoms with van der Waals surface area (Å²) in [7, 11) is 3.33. The first-order chi connectivity index (χ1) is 5.24. The zero-order valence-corrected chi connectivity index (χ0v) is 7.66. The van der Waals surface area contributed by atoms with Gasteiger partial charge in [0.05, 0.1) is 0 Å². The molecule has 0 bridgehead atoms. The number of hydrogen-bond acceptors (Lipinski definition) is 0. The van der Waals surface area contributed by atoms with Crippen LogP contribution in [0.4, 0.5) is 4.39 Å². The third kappa shape index (κ3) is 2.31. The molecule has 0 saturated heterocycles. The lowest BCUT2D eigenvalue weighted by Crippen LogP contribution is -1.86. The zero-order chi connectivity index (χ0) is 8.27. The van der Waals surface area contributed by atoms with Crippen molar-refractivity contribution in [1.29, 1.82) is 0 Å². The molecule has 0 aliphatic carbocycles. The summed E-state index contributed by atoms with van der Waals surface area (Å²) >= 11 is 5.75. The third-order valence-corrected chi connectivity index (χ3v) is 2.01. The molecule has 0 aliphatic heterocycles. The fourth-order valence-electron chi connectivity index (χ4n) is 0.859. The largest absolute Gasteiger partial charge is 0.207 e. The summed E-state index contributed by atoms with van der Waals surface area (Å²) < 4.78 is 12.5. The number of rotatable bonds is 2. The minimum atomic E-state index is -0.285. The fraction of sp³-hybridized carbons (Fsp3) is 0.250. The average Bonchev–Trinajstić information content (AvgIpc) is 1.95. The van der Waals surface area contributed by atoms with Gasteiger partial charge >= 0.3 is 0 Å². The van der Waals surface area contributed by atoms with Crippen LogP contribution in [0.15, 0.2) is 18.2 Å². The Kier molecular flexibility index (Phi) is 3.09. The summed E-state index contributed by atoms with van der Waals surface area (Å²) in [5.74, 6) is -0.285. The Morgan fingerprint density at radius 3 is 2.73 bits per heavy atom. The normalized spacial score (nSPS) is 10.1. The summed E-state index contributed by atoms with van der Waals surface area (Å²) in [5, 5.41) is 0.503. The molecule has 1 rings (SSSR count). The SMILES string of the molecule is Fc1ccc(CC[Si])c(Cl)c1. The van der Waals surface area contributed by atoms with Crippen molar-refractivity contribution in [3.05, 3.63) is 34.6 Å². The number of aryl methyl sites for hydroxylation is 1. The molecular weight excluding hydrogens is 179 g/mol. The standard InChI is InChI=1S/C8H7ClFSi/c9-8-5-7(10)2-1-6(8)3-4-11/h1-2,5H,3-4H2. The summed E-state index contributed by atoms with van der Waals surface area (Å²) in [6, 6.07) is 5.30. The van der Waals surface area contributed by atoms with Crippen LogP contribution in [-0.4, -0.2) is 10.2 Å². The predicted molar refractivity (Wildman–Crippen MR) is 45.7 cm³/mol. The molecule has 0 nitrogen and oxygen atoms in total. The molecule has 0 unspecified atom stereocenters. The third-order valence-electron chi connectivity index (χ3n) is 1.41. The van der Waals surface area contributed by atoms with E-state index >= 15 is 0 Å². The average molecular weight is 186 g/mol. The van der Waals surface area contributed by atoms with Crippen molar-refractivity contribution in [2.24, 2.45) is 0 Å². The monoisotopic (exact) mass is 185 g/mol. The van der Waals surface area contributed by atoms with Crippen molar-refractivity contribution < 1.29 is 4.39 Å². The van der Waals surface area contributed by atoms with E-state index in [9.17, 15) is 4.39 Å². The maximum Gasteiger partial charge on any atom is 0.124 e. The number of hydrogen-bond donors (Lipinski definition) is 0. The Bertz CT molecular complexity index is 250. The summed E-state index contributed by atoms with van der Waals surface area (Å²) in [6.07, 6.45) is 0.829. The molecule has 0 aromatic heterocycles. The Labute approximate surface area is 73.8 Å². The van der Waals surface area contributed by atoms with Crippen molar-refractivity contribution in [3.8, 4) is 0 Å². The molecule has 0 amide bonds. The van der Waals surface area contributed by atoms with Gasteiger partial charge in [-0.2, -0.15) is 0 Å². The first-order valence-corrected chi connectivity index (χ1v) is 4.41. The lowest BCUT2D eigenvalue weighted by atomic mass is 10.2. The molecule has 0 saturated carbocycles. The highest BCUT2D eigenvalue weighted by atomic mass is 35.5. The highest BCUT2D eigenvalue weighted by Crippen LogP contribution is 2.18. The molecule has 3 radical (unpaired) electrons. The highest BCUT2D eigenvalue weighted by Gasteiger charge is 1.99. The predicted octanol–water partition coefficient (Wildman–Crippen LogP) is 2.61. The van der Waals surface area contributed by atoms with E-state index < -0.39 is 0 Å². The van der Waals surface area contributed by atoms with Crippen LogP contribution in [0.5, 0.6) is 0 Å². The summed E-state index contributed by atoms with van der Waals surface area (Å²) in [6.45, 7) is 0. The quantitative estimate of drug-likeness (QED) is 0.622. The van der Waals surface area contributed by atoms with E-state index in [2.05, 4.69) is 10.2 Å². The molecular formula is C8H7ClFSi. The maximum atomic E-state index is 12.5. The van der Waals surface area contributed by atoms with Gasteiger partial charge in [0.1, 0.15) is 5.82 Å². The van der Waals surface area contributed by atoms with Gasteiger partial charge in [0, 0.05) is 15.3 Å². The van der Waals surface area contributed by atoms with Crippen LogP contribution in [-0.2, 0) is 6.42 Å². The van der Waals surface area contributed by atoms with Crippen LogP contribution in [0.1, 0.15) is 5.56 Å². The van der Waals surface area contributed by atoms with Gasteiger partial charge in [0.15, 0.2) is 0 Å². The van der Waals surface area contributed by atoms with E-state index in [1.165, 1.54) is 12.1 Å². The molecule has 11 heavy (non-hydrogen) atoms. The number of benzene rings is 1. The Hall–Kier alpha value is -0.343. The lowest BCUT2D eigenvalue weighted by molar-refractivity contribution is 0.627. The maximum absolute atomic E-state index is 12.5. The van der Waals surface area contributed by atoms with Crippen molar-refractivity contribution >= 4 is 21.8 Å². The van der Waals surface area contributed by atoms with Gasteiger partial charge in [0.25, 0.3) is 0 Å². The zero-order valence-electron chi connectivity index (χ0n) is 5.90. The molecule has 1 aromatic rings. The van der Waals surface area contributed by atoms with Crippen LogP contribution in [0.3, 0.4) is 0 Å². The van der Waals surface area contributed by atoms with Crippen molar-refractivity contribution in [2.45, 2.75) is 12.5 Å². The van der Waals surface area contributed by atoms with Crippen molar-refractivity contribution in [1.82, 2.24) is 0 Å². The van der Waals surface area contributed by atoms with Gasteiger partial charge in [-0.05, 0) is 24.1 Å². The molecule has 0 fully saturated rings. The van der Waals surface area contributed by atoms with E-state index in [1.54, 1.807) is 6.07 Å². The van der Waals surface area contributed by atoms with Crippen LogP contribution in [0.25, 0.3) is 0 Å². The Balaban J connectivity index is 2.90. The van der Waals surface area contributed by atoms with Crippen LogP contribution in [0.2, 0.25) is 11.1 Å². The topological polar surface area (TPSA) is 0 Å². The van der Waals surface area contributed by atoms with E-state index in [0.717, 1.165) is 18.0 Å². The summed E-state index contributed by atoms with van der Waals surface area (Å²) in [5.41, 5.74) is 0.975. The molecule has 3 heteroatoms. The van der Waals surface area contributed by atoms with Crippen molar-refractivity contribution in [3.63, 3.8) is 0 Å². The van der Waals surface area contributed by atoms with Gasteiger partial charge < -0.3 is 0 Å². The lowest BCUT2D eigenvalue weighted by Gasteiger charge is -2.00. The molecule has 1 aromatic carbocycles. The molecule has 0 heterocycles. The van der Waals surface area contributed by atoms with E-state index in [-0.39, 0.29) is 5.82 Å². The van der Waals surface area contributed by atoms with Gasteiger partial charge in [0.2, 0.25) is 0 Å². The molecule has 0 atom stereocenters. The van der Waals surface area contributed by atoms with Gasteiger partial charge in [-0.3, -0.25) is 0 Å². The second-order valence-corrected chi connectivity index (χ2v) is 3.14. The van der Waals surface area contributed by atoms with Crippen LogP contribution in [0, 0.1) is 5.82 Å². The second kappa shape index (κ2) is 3.88. The highest BCUT2D eigenvalue weighted by molar-refractivity contribution is 6.31. The van der Waals surface area contributed by atoms with Crippen LogP contribution < -0.4 is 0 Å². The fourth-order valence-corrected chi connectivity index (χ4v) is 1.39. The molecule has 0 N–H and O–H groups in total. The first-order valence-electron chi connectivity index (χ1n) is 3.32. The van der Waals surface area contributed by atoms with Gasteiger partial charge in [-0.15, -0.1) is 0 Å². The molecule has 57 valence electrons. The smallest absolute Gasteiger partial charge is 0.124 e. The molecule has 0 aliphatic rings. The van der Waals surface area contributed by atoms with E-state index in [4.69, 9.17) is 11.6 Å². The summed E-state index contributed by atoms with van der Waals surface area (Å²) in [4.78, 5) is 0. The Morgan fingerprint density at radius 1 is 1.45 bits per heavy atom. The second-order valence-electron chi connectivity index (χ2n) is 2.24. The van der Waals surface area contributed by atoms with Gasteiger partial charge in [-0.1, -0.05) is 23.7 Å². The first kappa shape index (κ1) is 8.75. The van der Waals surface area contributed by atoms with Crippen molar-refractivity contribution in [2.75, 3.05) is 0 Å². The Morgan fingerprint density at radius 2 is 2.18 bits per heavy atom. The van der Waals surface area contributed by atoms with E-state index in [0.29, 0.717) is 5.02 Å². The van der Waals surface area contributed by atoms with Crippen LogP contribution >= 0.6 is 11.6 Å². The number of halogens is 2. The van der Waals surface area contributed by atoms with E-state index in [1.807, 2.05) is 0 Å².